The molecule has 0 saturated heterocycles. The summed E-state index contributed by atoms with van der Waals surface area (Å²) in [5, 5.41) is 15.9. The Morgan fingerprint density at radius 2 is 1.87 bits per heavy atom. The SMILES string of the molecule is O=C(NC(=S)Nc1ccc2oc(-c3ccc(O)c(Br)c3)nc2c1)c1ccc(Cl)c(Cl)c1. The van der Waals surface area contributed by atoms with Crippen molar-refractivity contribution in [3.05, 3.63) is 74.7 Å². The van der Waals surface area contributed by atoms with E-state index in [1.165, 1.54) is 12.1 Å². The van der Waals surface area contributed by atoms with Crippen LogP contribution in [0.3, 0.4) is 0 Å². The first-order chi connectivity index (χ1) is 14.8. The molecule has 3 aromatic carbocycles. The molecule has 4 aromatic rings. The lowest BCUT2D eigenvalue weighted by Gasteiger charge is -2.10. The number of carbonyl (C=O) groups excluding carboxylic acids is 1. The Balaban J connectivity index is 1.49. The van der Waals surface area contributed by atoms with Crippen LogP contribution in [0, 0.1) is 0 Å². The number of aromatic hydroxyl groups is 1. The summed E-state index contributed by atoms with van der Waals surface area (Å²) < 4.78 is 6.32. The van der Waals surface area contributed by atoms with Crippen LogP contribution in [0.1, 0.15) is 10.4 Å². The van der Waals surface area contributed by atoms with Crippen LogP contribution in [0.2, 0.25) is 10.0 Å². The summed E-state index contributed by atoms with van der Waals surface area (Å²) in [6.45, 7) is 0. The molecular weight excluding hydrogens is 525 g/mol. The van der Waals surface area contributed by atoms with E-state index in [2.05, 4.69) is 31.5 Å². The Morgan fingerprint density at radius 1 is 1.06 bits per heavy atom. The van der Waals surface area contributed by atoms with Crippen LogP contribution in [-0.2, 0) is 0 Å². The second-order valence-electron chi connectivity index (χ2n) is 6.40. The molecule has 1 aromatic heterocycles. The van der Waals surface area contributed by atoms with E-state index in [0.29, 0.717) is 43.3 Å². The van der Waals surface area contributed by atoms with Crippen LogP contribution in [0.25, 0.3) is 22.6 Å². The number of carbonyl (C=O) groups is 1. The fourth-order valence-corrected chi connectivity index (χ4v) is 3.63. The zero-order valence-electron chi connectivity index (χ0n) is 15.4. The van der Waals surface area contributed by atoms with E-state index < -0.39 is 5.91 Å². The number of nitrogens with one attached hydrogen (secondary N) is 2. The highest BCUT2D eigenvalue weighted by Gasteiger charge is 2.13. The lowest BCUT2D eigenvalue weighted by molar-refractivity contribution is 0.0977. The number of hydrogen-bond acceptors (Lipinski definition) is 5. The van der Waals surface area contributed by atoms with E-state index in [0.717, 1.165) is 0 Å². The number of aromatic nitrogens is 1. The van der Waals surface area contributed by atoms with Gasteiger partial charge in [0.25, 0.3) is 5.91 Å². The highest BCUT2D eigenvalue weighted by atomic mass is 79.9. The topological polar surface area (TPSA) is 87.4 Å². The van der Waals surface area contributed by atoms with Crippen molar-refractivity contribution < 1.29 is 14.3 Å². The number of hydrogen-bond donors (Lipinski definition) is 3. The van der Waals surface area contributed by atoms with Crippen LogP contribution >= 0.6 is 51.3 Å². The lowest BCUT2D eigenvalue weighted by Crippen LogP contribution is -2.34. The maximum atomic E-state index is 12.3. The molecule has 0 aliphatic carbocycles. The number of rotatable bonds is 3. The van der Waals surface area contributed by atoms with E-state index >= 15 is 0 Å². The van der Waals surface area contributed by atoms with Gasteiger partial charge in [-0.1, -0.05) is 23.2 Å². The minimum Gasteiger partial charge on any atom is -0.507 e. The third-order valence-corrected chi connectivity index (χ3v) is 5.83. The summed E-state index contributed by atoms with van der Waals surface area (Å²) >= 11 is 20.3. The van der Waals surface area contributed by atoms with Crippen molar-refractivity contribution in [2.24, 2.45) is 0 Å². The fraction of sp³-hybridized carbons (Fsp3) is 0. The molecule has 0 aliphatic rings. The van der Waals surface area contributed by atoms with Gasteiger partial charge in [0, 0.05) is 16.8 Å². The first-order valence-corrected chi connectivity index (χ1v) is 10.7. The third-order valence-electron chi connectivity index (χ3n) is 4.25. The van der Waals surface area contributed by atoms with Crippen LogP contribution in [0.15, 0.2) is 63.5 Å². The quantitative estimate of drug-likeness (QED) is 0.263. The summed E-state index contributed by atoms with van der Waals surface area (Å²) in [7, 11) is 0. The normalized spacial score (nSPS) is 10.8. The van der Waals surface area contributed by atoms with Crippen molar-refractivity contribution in [2.75, 3.05) is 5.32 Å². The first kappa shape index (κ1) is 21.6. The van der Waals surface area contributed by atoms with Gasteiger partial charge in [0.05, 0.1) is 14.5 Å². The molecule has 31 heavy (non-hydrogen) atoms. The van der Waals surface area contributed by atoms with E-state index in [1.807, 2.05) is 0 Å². The van der Waals surface area contributed by atoms with Crippen molar-refractivity contribution in [3.8, 4) is 17.2 Å². The molecule has 0 atom stereocenters. The molecule has 0 radical (unpaired) electrons. The molecule has 10 heteroatoms. The molecule has 0 spiro atoms. The van der Waals surface area contributed by atoms with Gasteiger partial charge < -0.3 is 14.8 Å². The fourth-order valence-electron chi connectivity index (χ4n) is 2.74. The second-order valence-corrected chi connectivity index (χ2v) is 8.48. The van der Waals surface area contributed by atoms with Crippen LogP contribution in [-0.4, -0.2) is 21.1 Å². The van der Waals surface area contributed by atoms with Crippen molar-refractivity contribution in [3.63, 3.8) is 0 Å². The minimum atomic E-state index is -0.418. The average Bonchev–Trinajstić information content (AvgIpc) is 3.15. The van der Waals surface area contributed by atoms with Crippen LogP contribution in [0.4, 0.5) is 5.69 Å². The summed E-state index contributed by atoms with van der Waals surface area (Å²) in [5.74, 6) is 0.116. The number of halogens is 3. The monoisotopic (exact) mass is 535 g/mol. The van der Waals surface area contributed by atoms with Gasteiger partial charge in [-0.2, -0.15) is 0 Å². The number of thiocarbonyl (C=S) groups is 1. The van der Waals surface area contributed by atoms with E-state index in [4.69, 9.17) is 39.8 Å². The van der Waals surface area contributed by atoms with Gasteiger partial charge in [0.2, 0.25) is 5.89 Å². The highest BCUT2D eigenvalue weighted by Crippen LogP contribution is 2.31. The number of oxazole rings is 1. The Kier molecular flexibility index (Phi) is 6.15. The maximum absolute atomic E-state index is 12.3. The van der Waals surface area contributed by atoms with Crippen molar-refractivity contribution in [1.29, 1.82) is 0 Å². The molecule has 0 fully saturated rings. The van der Waals surface area contributed by atoms with Gasteiger partial charge >= 0.3 is 0 Å². The van der Waals surface area contributed by atoms with Gasteiger partial charge in [-0.25, -0.2) is 4.98 Å². The van der Waals surface area contributed by atoms with Crippen LogP contribution in [0.5, 0.6) is 5.75 Å². The molecule has 0 unspecified atom stereocenters. The Labute approximate surface area is 200 Å². The molecule has 6 nitrogen and oxygen atoms in total. The van der Waals surface area contributed by atoms with E-state index in [1.54, 1.807) is 42.5 Å². The number of phenolic OH excluding ortho intramolecular Hbond substituents is 1. The average molecular weight is 537 g/mol. The zero-order chi connectivity index (χ0) is 22.1. The number of amides is 1. The second kappa shape index (κ2) is 8.84. The number of phenols is 1. The predicted octanol–water partition coefficient (Wildman–Crippen LogP) is 6.40. The van der Waals surface area contributed by atoms with Gasteiger partial charge in [0.15, 0.2) is 10.7 Å². The van der Waals surface area contributed by atoms with E-state index in [-0.39, 0.29) is 15.9 Å². The third kappa shape index (κ3) is 4.83. The van der Waals surface area contributed by atoms with Gasteiger partial charge in [-0.15, -0.1) is 0 Å². The molecule has 3 N–H and O–H groups in total. The lowest BCUT2D eigenvalue weighted by atomic mass is 10.2. The van der Waals surface area contributed by atoms with Gasteiger partial charge in [-0.05, 0) is 82.7 Å². The number of benzene rings is 3. The standard InChI is InChI=1S/C21H12BrCl2N3O3S/c22-13-7-11(2-5-17(13)28)20-26-16-9-12(3-6-18(16)30-20)25-21(31)27-19(29)10-1-4-14(23)15(24)8-10/h1-9,28H,(H2,25,27,29,31). The molecule has 0 aliphatic heterocycles. The number of anilines is 1. The number of nitrogens with zero attached hydrogens (tertiary/aromatic N) is 1. The summed E-state index contributed by atoms with van der Waals surface area (Å²) in [5.41, 5.74) is 2.84. The highest BCUT2D eigenvalue weighted by molar-refractivity contribution is 9.10. The van der Waals surface area contributed by atoms with Crippen molar-refractivity contribution in [1.82, 2.24) is 10.3 Å². The summed E-state index contributed by atoms with van der Waals surface area (Å²) in [4.78, 5) is 16.8. The molecule has 1 amide bonds. The Hall–Kier alpha value is -2.65. The minimum absolute atomic E-state index is 0.113. The smallest absolute Gasteiger partial charge is 0.257 e. The molecule has 0 bridgehead atoms. The molecule has 1 heterocycles. The Morgan fingerprint density at radius 3 is 2.61 bits per heavy atom. The van der Waals surface area contributed by atoms with Gasteiger partial charge in [0.1, 0.15) is 11.3 Å². The van der Waals surface area contributed by atoms with Crippen molar-refractivity contribution in [2.45, 2.75) is 0 Å². The molecule has 156 valence electrons. The van der Waals surface area contributed by atoms with Gasteiger partial charge in [-0.3, -0.25) is 10.1 Å². The first-order valence-electron chi connectivity index (χ1n) is 8.77. The molecular formula is C21H12BrCl2N3O3S. The molecule has 4 rings (SSSR count). The maximum Gasteiger partial charge on any atom is 0.257 e. The van der Waals surface area contributed by atoms with Crippen molar-refractivity contribution >= 4 is 79.2 Å². The molecule has 0 saturated carbocycles. The predicted molar refractivity (Wildman–Crippen MR) is 129 cm³/mol. The summed E-state index contributed by atoms with van der Waals surface area (Å²) in [6.07, 6.45) is 0. The zero-order valence-corrected chi connectivity index (χ0v) is 19.4. The summed E-state index contributed by atoms with van der Waals surface area (Å²) in [6, 6.07) is 14.8. The van der Waals surface area contributed by atoms with E-state index in [9.17, 15) is 9.90 Å². The largest absolute Gasteiger partial charge is 0.507 e. The number of fused-ring (bicyclic) bond motifs is 1. The Bertz CT molecular complexity index is 1340. The van der Waals surface area contributed by atoms with Crippen LogP contribution < -0.4 is 10.6 Å².